The standard InChI is InChI=1S/C12H13F2N5O/c13-10(14)20-8-3-1-7(2-4-8)9-5-6-16-12-17-11(15)18-19(9)12/h1-4,9-10H,5-6H2,(H3,15,16,17,18). The van der Waals surface area contributed by atoms with Gasteiger partial charge in [0.25, 0.3) is 0 Å². The molecule has 0 fully saturated rings. The minimum atomic E-state index is -2.82. The van der Waals surface area contributed by atoms with Crippen LogP contribution in [0, 0.1) is 0 Å². The third-order valence-electron chi connectivity index (χ3n) is 3.13. The number of hydrogen-bond donors (Lipinski definition) is 2. The van der Waals surface area contributed by atoms with Gasteiger partial charge >= 0.3 is 6.61 Å². The molecule has 20 heavy (non-hydrogen) atoms. The number of anilines is 2. The van der Waals surface area contributed by atoms with Gasteiger partial charge in [0.15, 0.2) is 0 Å². The van der Waals surface area contributed by atoms with Gasteiger partial charge < -0.3 is 15.8 Å². The summed E-state index contributed by atoms with van der Waals surface area (Å²) in [6.07, 6.45) is 0.810. The van der Waals surface area contributed by atoms with Crippen LogP contribution in [0.15, 0.2) is 24.3 Å². The summed E-state index contributed by atoms with van der Waals surface area (Å²) in [7, 11) is 0. The molecule has 0 amide bonds. The summed E-state index contributed by atoms with van der Waals surface area (Å²) in [4.78, 5) is 4.08. The van der Waals surface area contributed by atoms with Crippen molar-refractivity contribution >= 4 is 11.9 Å². The molecule has 106 valence electrons. The van der Waals surface area contributed by atoms with E-state index in [9.17, 15) is 8.78 Å². The first-order valence-electron chi connectivity index (χ1n) is 6.14. The summed E-state index contributed by atoms with van der Waals surface area (Å²) in [6, 6.07) is 6.51. The van der Waals surface area contributed by atoms with E-state index in [-0.39, 0.29) is 17.7 Å². The normalized spacial score (nSPS) is 17.6. The van der Waals surface area contributed by atoms with Crippen molar-refractivity contribution in [3.63, 3.8) is 0 Å². The lowest BCUT2D eigenvalue weighted by molar-refractivity contribution is -0.0498. The molecule has 0 bridgehead atoms. The van der Waals surface area contributed by atoms with Crippen LogP contribution in [0.4, 0.5) is 20.7 Å². The minimum Gasteiger partial charge on any atom is -0.435 e. The van der Waals surface area contributed by atoms with Gasteiger partial charge in [0.2, 0.25) is 11.9 Å². The first-order valence-corrected chi connectivity index (χ1v) is 6.14. The van der Waals surface area contributed by atoms with E-state index < -0.39 is 6.61 Å². The molecule has 1 aromatic heterocycles. The van der Waals surface area contributed by atoms with Crippen LogP contribution in [0.2, 0.25) is 0 Å². The van der Waals surface area contributed by atoms with Gasteiger partial charge in [-0.1, -0.05) is 12.1 Å². The Bertz CT molecular complexity index is 598. The minimum absolute atomic E-state index is 0.0170. The third kappa shape index (κ3) is 2.36. The average Bonchev–Trinajstić information content (AvgIpc) is 2.79. The number of rotatable bonds is 3. The smallest absolute Gasteiger partial charge is 0.387 e. The van der Waals surface area contributed by atoms with Gasteiger partial charge in [-0.05, 0) is 24.1 Å². The molecular formula is C12H13F2N5O. The Morgan fingerprint density at radius 1 is 1.35 bits per heavy atom. The molecule has 0 aliphatic carbocycles. The van der Waals surface area contributed by atoms with Gasteiger partial charge in [-0.15, -0.1) is 5.10 Å². The predicted molar refractivity (Wildman–Crippen MR) is 68.8 cm³/mol. The van der Waals surface area contributed by atoms with Crippen LogP contribution >= 0.6 is 0 Å². The molecule has 1 aliphatic heterocycles. The summed E-state index contributed by atoms with van der Waals surface area (Å²) in [5.41, 5.74) is 6.53. The monoisotopic (exact) mass is 281 g/mol. The highest BCUT2D eigenvalue weighted by molar-refractivity contribution is 5.38. The second kappa shape index (κ2) is 4.95. The molecule has 1 atom stereocenters. The van der Waals surface area contributed by atoms with Gasteiger partial charge in [-0.25, -0.2) is 4.68 Å². The van der Waals surface area contributed by atoms with Crippen molar-refractivity contribution in [3.05, 3.63) is 29.8 Å². The highest BCUT2D eigenvalue weighted by atomic mass is 19.3. The highest BCUT2D eigenvalue weighted by Crippen LogP contribution is 2.29. The van der Waals surface area contributed by atoms with E-state index in [1.54, 1.807) is 16.8 Å². The van der Waals surface area contributed by atoms with Gasteiger partial charge in [0.1, 0.15) is 5.75 Å². The molecule has 1 aromatic carbocycles. The number of nitrogen functional groups attached to an aromatic ring is 1. The molecule has 0 spiro atoms. The zero-order chi connectivity index (χ0) is 14.1. The number of ether oxygens (including phenoxy) is 1. The van der Waals surface area contributed by atoms with E-state index in [0.29, 0.717) is 5.95 Å². The molecule has 0 saturated carbocycles. The second-order valence-corrected chi connectivity index (χ2v) is 4.42. The Morgan fingerprint density at radius 2 is 2.10 bits per heavy atom. The van der Waals surface area contributed by atoms with E-state index in [4.69, 9.17) is 5.73 Å². The number of nitrogens with two attached hydrogens (primary N) is 1. The zero-order valence-electron chi connectivity index (χ0n) is 10.5. The Balaban J connectivity index is 1.86. The fourth-order valence-corrected chi connectivity index (χ4v) is 2.30. The van der Waals surface area contributed by atoms with Crippen molar-refractivity contribution in [2.24, 2.45) is 0 Å². The Kier molecular flexibility index (Phi) is 3.13. The fraction of sp³-hybridized carbons (Fsp3) is 0.333. The van der Waals surface area contributed by atoms with Crippen LogP contribution in [0.5, 0.6) is 5.75 Å². The van der Waals surface area contributed by atoms with Crippen molar-refractivity contribution in [1.82, 2.24) is 14.8 Å². The molecule has 2 aromatic rings. The van der Waals surface area contributed by atoms with Crippen LogP contribution in [0.1, 0.15) is 18.0 Å². The zero-order valence-corrected chi connectivity index (χ0v) is 10.5. The Labute approximate surface area is 113 Å². The molecule has 6 nitrogen and oxygen atoms in total. The van der Waals surface area contributed by atoms with Crippen molar-refractivity contribution < 1.29 is 13.5 Å². The van der Waals surface area contributed by atoms with Gasteiger partial charge in [-0.3, -0.25) is 0 Å². The van der Waals surface area contributed by atoms with E-state index in [0.717, 1.165) is 18.5 Å². The van der Waals surface area contributed by atoms with Crippen molar-refractivity contribution in [1.29, 1.82) is 0 Å². The predicted octanol–water partition coefficient (Wildman–Crippen LogP) is 1.87. The molecule has 8 heteroatoms. The number of nitrogens with zero attached hydrogens (tertiary/aromatic N) is 3. The number of fused-ring (bicyclic) bond motifs is 1. The number of aromatic nitrogens is 3. The SMILES string of the molecule is Nc1nc2n(n1)C(c1ccc(OC(F)F)cc1)CCN2. The molecule has 1 unspecified atom stereocenters. The highest BCUT2D eigenvalue weighted by Gasteiger charge is 2.23. The quantitative estimate of drug-likeness (QED) is 0.898. The van der Waals surface area contributed by atoms with Crippen molar-refractivity contribution in [2.75, 3.05) is 17.6 Å². The maximum absolute atomic E-state index is 12.1. The summed E-state index contributed by atoms with van der Waals surface area (Å²) < 4.78 is 30.3. The van der Waals surface area contributed by atoms with E-state index in [1.165, 1.54) is 12.1 Å². The maximum Gasteiger partial charge on any atom is 0.387 e. The molecule has 2 heterocycles. The van der Waals surface area contributed by atoms with Crippen LogP contribution < -0.4 is 15.8 Å². The summed E-state index contributed by atoms with van der Waals surface area (Å²) in [5.74, 6) is 0.958. The number of halogens is 2. The first kappa shape index (κ1) is 12.6. The summed E-state index contributed by atoms with van der Waals surface area (Å²) in [6.45, 7) is -2.07. The number of hydrogen-bond acceptors (Lipinski definition) is 5. The first-order chi connectivity index (χ1) is 9.63. The van der Waals surface area contributed by atoms with Crippen molar-refractivity contribution in [2.45, 2.75) is 19.1 Å². The van der Waals surface area contributed by atoms with E-state index in [2.05, 4.69) is 20.1 Å². The molecule has 3 rings (SSSR count). The topological polar surface area (TPSA) is 78.0 Å². The lowest BCUT2D eigenvalue weighted by Crippen LogP contribution is -2.24. The molecule has 1 aliphatic rings. The molecular weight excluding hydrogens is 268 g/mol. The van der Waals surface area contributed by atoms with Crippen molar-refractivity contribution in [3.8, 4) is 5.75 Å². The Morgan fingerprint density at radius 3 is 2.80 bits per heavy atom. The number of nitrogens with one attached hydrogen (secondary N) is 1. The summed E-state index contributed by atoms with van der Waals surface area (Å²) >= 11 is 0. The molecule has 3 N–H and O–H groups in total. The Hall–Kier alpha value is -2.38. The van der Waals surface area contributed by atoms with Gasteiger partial charge in [0.05, 0.1) is 6.04 Å². The lowest BCUT2D eigenvalue weighted by atomic mass is 10.0. The van der Waals surface area contributed by atoms with Crippen LogP contribution in [-0.2, 0) is 0 Å². The third-order valence-corrected chi connectivity index (χ3v) is 3.13. The maximum atomic E-state index is 12.1. The fourth-order valence-electron chi connectivity index (χ4n) is 2.30. The van der Waals surface area contributed by atoms with Crippen LogP contribution in [0.25, 0.3) is 0 Å². The number of alkyl halides is 2. The number of benzene rings is 1. The van der Waals surface area contributed by atoms with Gasteiger partial charge in [-0.2, -0.15) is 13.8 Å². The summed E-state index contributed by atoms with van der Waals surface area (Å²) in [5, 5.41) is 7.26. The van der Waals surface area contributed by atoms with Crippen LogP contribution in [-0.4, -0.2) is 27.9 Å². The largest absolute Gasteiger partial charge is 0.435 e. The lowest BCUT2D eigenvalue weighted by Gasteiger charge is -2.24. The average molecular weight is 281 g/mol. The molecule has 0 radical (unpaired) electrons. The second-order valence-electron chi connectivity index (χ2n) is 4.42. The van der Waals surface area contributed by atoms with Gasteiger partial charge in [0, 0.05) is 6.54 Å². The molecule has 0 saturated heterocycles. The van der Waals surface area contributed by atoms with E-state index in [1.807, 2.05) is 0 Å². The van der Waals surface area contributed by atoms with Crippen LogP contribution in [0.3, 0.4) is 0 Å². The van der Waals surface area contributed by atoms with E-state index >= 15 is 0 Å².